The fraction of sp³-hybridized carbons (Fsp3) is 0.133. The van der Waals surface area contributed by atoms with Gasteiger partial charge in [-0.1, -0.05) is 12.1 Å². The van der Waals surface area contributed by atoms with Crippen molar-refractivity contribution in [3.05, 3.63) is 64.5 Å². The minimum absolute atomic E-state index is 0.108. The predicted octanol–water partition coefficient (Wildman–Crippen LogP) is 3.39. The van der Waals surface area contributed by atoms with E-state index in [0.717, 1.165) is 28.8 Å². The Morgan fingerprint density at radius 1 is 1.19 bits per heavy atom. The molecule has 0 saturated heterocycles. The molecule has 2 aromatic heterocycles. The molecule has 0 amide bonds. The average Bonchev–Trinajstić information content (AvgIpc) is 2.97. The fourth-order valence-corrected chi connectivity index (χ4v) is 2.15. The predicted molar refractivity (Wildman–Crippen MR) is 79.3 cm³/mol. The fourth-order valence-electron chi connectivity index (χ4n) is 2.15. The number of furan rings is 1. The van der Waals surface area contributed by atoms with Gasteiger partial charge in [0.15, 0.2) is 0 Å². The van der Waals surface area contributed by atoms with Crippen molar-refractivity contribution in [3.8, 4) is 0 Å². The number of nitrogens with zero attached hydrogens (tertiary/aromatic N) is 2. The van der Waals surface area contributed by atoms with Gasteiger partial charge in [0.25, 0.3) is 5.69 Å². The summed E-state index contributed by atoms with van der Waals surface area (Å²) in [5, 5.41) is 14.8. The Hall–Kier alpha value is -2.89. The summed E-state index contributed by atoms with van der Waals surface area (Å²) in [5.41, 5.74) is 1.94. The zero-order valence-corrected chi connectivity index (χ0v) is 11.2. The molecule has 0 radical (unpaired) electrons. The highest BCUT2D eigenvalue weighted by atomic mass is 16.6. The number of rotatable bonds is 5. The molecule has 0 spiro atoms. The van der Waals surface area contributed by atoms with Crippen molar-refractivity contribution in [2.75, 3.05) is 11.9 Å². The zero-order valence-electron chi connectivity index (χ0n) is 11.2. The van der Waals surface area contributed by atoms with Gasteiger partial charge in [0.2, 0.25) is 0 Å². The van der Waals surface area contributed by atoms with E-state index in [-0.39, 0.29) is 5.69 Å². The van der Waals surface area contributed by atoms with Crippen LogP contribution in [0.4, 0.5) is 11.5 Å². The van der Waals surface area contributed by atoms with Crippen molar-refractivity contribution in [3.63, 3.8) is 0 Å². The van der Waals surface area contributed by atoms with Crippen LogP contribution in [-0.2, 0) is 6.42 Å². The van der Waals surface area contributed by atoms with E-state index in [0.29, 0.717) is 6.54 Å². The minimum Gasteiger partial charge on any atom is -0.464 e. The summed E-state index contributed by atoms with van der Waals surface area (Å²) in [6.45, 7) is 0.690. The van der Waals surface area contributed by atoms with Gasteiger partial charge in [-0.25, -0.2) is 4.98 Å². The zero-order chi connectivity index (χ0) is 14.7. The lowest BCUT2D eigenvalue weighted by atomic mass is 10.1. The van der Waals surface area contributed by atoms with Crippen LogP contribution in [0.1, 0.15) is 5.56 Å². The number of hydrogen-bond donors (Lipinski definition) is 1. The Kier molecular flexibility index (Phi) is 3.51. The Labute approximate surface area is 120 Å². The highest BCUT2D eigenvalue weighted by Gasteiger charge is 2.05. The third-order valence-corrected chi connectivity index (χ3v) is 3.23. The maximum atomic E-state index is 10.6. The third kappa shape index (κ3) is 2.84. The number of anilines is 1. The monoisotopic (exact) mass is 283 g/mol. The lowest BCUT2D eigenvalue weighted by molar-refractivity contribution is -0.384. The molecule has 0 atom stereocenters. The summed E-state index contributed by atoms with van der Waals surface area (Å²) in [4.78, 5) is 14.5. The van der Waals surface area contributed by atoms with Gasteiger partial charge in [0.1, 0.15) is 11.4 Å². The second-order valence-corrected chi connectivity index (χ2v) is 4.59. The number of nitro benzene ring substituents is 1. The van der Waals surface area contributed by atoms with Crippen molar-refractivity contribution >= 4 is 22.5 Å². The van der Waals surface area contributed by atoms with Gasteiger partial charge in [0.05, 0.1) is 16.6 Å². The van der Waals surface area contributed by atoms with Crippen LogP contribution < -0.4 is 5.32 Å². The number of aromatic nitrogens is 1. The number of nitro groups is 1. The Morgan fingerprint density at radius 2 is 2.00 bits per heavy atom. The van der Waals surface area contributed by atoms with Crippen molar-refractivity contribution in [2.24, 2.45) is 0 Å². The van der Waals surface area contributed by atoms with E-state index in [2.05, 4.69) is 10.3 Å². The number of benzene rings is 1. The lowest BCUT2D eigenvalue weighted by Gasteiger charge is -2.06. The van der Waals surface area contributed by atoms with E-state index in [1.54, 1.807) is 24.6 Å². The summed E-state index contributed by atoms with van der Waals surface area (Å²) in [6.07, 6.45) is 4.09. The first-order valence-electron chi connectivity index (χ1n) is 6.53. The first-order valence-corrected chi connectivity index (χ1v) is 6.53. The van der Waals surface area contributed by atoms with Crippen LogP contribution in [0.5, 0.6) is 0 Å². The largest absolute Gasteiger partial charge is 0.464 e. The molecule has 3 rings (SSSR count). The Balaban J connectivity index is 1.63. The summed E-state index contributed by atoms with van der Waals surface area (Å²) in [5.74, 6) is 0.781. The molecule has 0 saturated carbocycles. The van der Waals surface area contributed by atoms with Gasteiger partial charge >= 0.3 is 0 Å². The van der Waals surface area contributed by atoms with E-state index in [4.69, 9.17) is 4.42 Å². The van der Waals surface area contributed by atoms with Gasteiger partial charge in [0, 0.05) is 24.9 Å². The van der Waals surface area contributed by atoms with Crippen molar-refractivity contribution in [1.82, 2.24) is 4.98 Å². The maximum Gasteiger partial charge on any atom is 0.269 e. The molecular weight excluding hydrogens is 270 g/mol. The van der Waals surface area contributed by atoms with Gasteiger partial charge in [-0.05, 0) is 24.1 Å². The molecule has 0 aliphatic carbocycles. The average molecular weight is 283 g/mol. The van der Waals surface area contributed by atoms with Crippen molar-refractivity contribution < 1.29 is 9.34 Å². The molecule has 2 heterocycles. The van der Waals surface area contributed by atoms with Crippen LogP contribution in [0.2, 0.25) is 0 Å². The van der Waals surface area contributed by atoms with E-state index in [1.165, 1.54) is 12.1 Å². The van der Waals surface area contributed by atoms with Crippen molar-refractivity contribution in [1.29, 1.82) is 0 Å². The summed E-state index contributed by atoms with van der Waals surface area (Å²) < 4.78 is 5.31. The highest BCUT2D eigenvalue weighted by molar-refractivity contribution is 5.87. The Morgan fingerprint density at radius 3 is 2.76 bits per heavy atom. The molecule has 0 aliphatic heterocycles. The smallest absolute Gasteiger partial charge is 0.269 e. The first-order chi connectivity index (χ1) is 10.2. The van der Waals surface area contributed by atoms with Crippen LogP contribution in [0.25, 0.3) is 11.0 Å². The number of nitrogens with one attached hydrogen (secondary N) is 1. The van der Waals surface area contributed by atoms with Crippen LogP contribution in [0.3, 0.4) is 0 Å². The first kappa shape index (κ1) is 13.1. The standard InChI is InChI=1S/C15H13N3O3/c19-18(20)12-3-1-11(2-4-12)5-8-16-15-13-7-10-21-14(13)6-9-17-15/h1-4,6-7,9-10H,5,8H2,(H,16,17). The number of pyridine rings is 1. The van der Waals surface area contributed by atoms with Gasteiger partial charge in [-0.3, -0.25) is 10.1 Å². The van der Waals surface area contributed by atoms with Crippen LogP contribution in [0.15, 0.2) is 53.3 Å². The quantitative estimate of drug-likeness (QED) is 0.573. The molecule has 0 aliphatic rings. The highest BCUT2D eigenvalue weighted by Crippen LogP contribution is 2.21. The minimum atomic E-state index is -0.397. The van der Waals surface area contributed by atoms with E-state index in [1.807, 2.05) is 12.1 Å². The summed E-state index contributed by atoms with van der Waals surface area (Å²) in [6, 6.07) is 10.3. The van der Waals surface area contributed by atoms with E-state index < -0.39 is 4.92 Å². The molecule has 1 aromatic carbocycles. The molecule has 6 heteroatoms. The van der Waals surface area contributed by atoms with E-state index in [9.17, 15) is 10.1 Å². The topological polar surface area (TPSA) is 81.2 Å². The molecule has 0 fully saturated rings. The molecule has 1 N–H and O–H groups in total. The van der Waals surface area contributed by atoms with Gasteiger partial charge in [-0.15, -0.1) is 0 Å². The second kappa shape index (κ2) is 5.62. The normalized spacial score (nSPS) is 10.7. The number of hydrogen-bond acceptors (Lipinski definition) is 5. The third-order valence-electron chi connectivity index (χ3n) is 3.23. The summed E-state index contributed by atoms with van der Waals surface area (Å²) in [7, 11) is 0. The molecular formula is C15H13N3O3. The Bertz CT molecular complexity index is 765. The van der Waals surface area contributed by atoms with Crippen LogP contribution >= 0.6 is 0 Å². The molecule has 106 valence electrons. The van der Waals surface area contributed by atoms with E-state index >= 15 is 0 Å². The maximum absolute atomic E-state index is 10.6. The number of non-ortho nitro benzene ring substituents is 1. The molecule has 0 bridgehead atoms. The summed E-state index contributed by atoms with van der Waals surface area (Å²) >= 11 is 0. The molecule has 0 unspecified atom stereocenters. The van der Waals surface area contributed by atoms with Crippen molar-refractivity contribution in [2.45, 2.75) is 6.42 Å². The lowest BCUT2D eigenvalue weighted by Crippen LogP contribution is -2.06. The molecule has 6 nitrogen and oxygen atoms in total. The second-order valence-electron chi connectivity index (χ2n) is 4.59. The number of fused-ring (bicyclic) bond motifs is 1. The van der Waals surface area contributed by atoms with Gasteiger partial charge < -0.3 is 9.73 Å². The van der Waals surface area contributed by atoms with Crippen LogP contribution in [0, 0.1) is 10.1 Å². The SMILES string of the molecule is O=[N+]([O-])c1ccc(CCNc2nccc3occc23)cc1. The molecule has 21 heavy (non-hydrogen) atoms. The van der Waals surface area contributed by atoms with Gasteiger partial charge in [-0.2, -0.15) is 0 Å². The molecule has 3 aromatic rings. The van der Waals surface area contributed by atoms with Crippen LogP contribution in [-0.4, -0.2) is 16.5 Å².